The summed E-state index contributed by atoms with van der Waals surface area (Å²) in [6, 6.07) is 23.7. The molecule has 9 heteroatoms. The number of nitrogens with zero attached hydrogens (tertiary/aromatic N) is 4. The second-order valence-electron chi connectivity index (χ2n) is 8.68. The highest BCUT2D eigenvalue weighted by Gasteiger charge is 2.26. The minimum atomic E-state index is -3.91. The van der Waals surface area contributed by atoms with Gasteiger partial charge in [-0.25, -0.2) is 17.9 Å². The molecule has 0 saturated heterocycles. The number of sulfone groups is 1. The summed E-state index contributed by atoms with van der Waals surface area (Å²) in [5, 5.41) is 7.41. The number of thiophene rings is 1. The Morgan fingerprint density at radius 3 is 2.30 bits per heavy atom. The molecule has 0 unspecified atom stereocenters. The summed E-state index contributed by atoms with van der Waals surface area (Å²) in [6.07, 6.45) is 1.42. The molecule has 0 fully saturated rings. The molecule has 0 atom stereocenters. The number of hydrogen-bond acceptors (Lipinski definition) is 5. The molecule has 0 saturated carbocycles. The van der Waals surface area contributed by atoms with E-state index in [1.165, 1.54) is 18.3 Å². The van der Waals surface area contributed by atoms with E-state index in [1.54, 1.807) is 28.0 Å². The molecule has 0 amide bonds. The van der Waals surface area contributed by atoms with Crippen LogP contribution in [0.2, 0.25) is 5.02 Å². The second kappa shape index (κ2) is 8.99. The van der Waals surface area contributed by atoms with Crippen LogP contribution >= 0.6 is 22.9 Å². The number of fused-ring (bicyclic) bond motifs is 1. The summed E-state index contributed by atoms with van der Waals surface area (Å²) >= 11 is 7.60. The Morgan fingerprint density at radius 1 is 0.892 bits per heavy atom. The Labute approximate surface area is 223 Å². The van der Waals surface area contributed by atoms with Gasteiger partial charge in [-0.3, -0.25) is 0 Å². The maximum atomic E-state index is 13.8. The van der Waals surface area contributed by atoms with Crippen molar-refractivity contribution >= 4 is 38.4 Å². The number of halogens is 1. The van der Waals surface area contributed by atoms with E-state index in [0.29, 0.717) is 16.4 Å². The quantitative estimate of drug-likeness (QED) is 0.234. The van der Waals surface area contributed by atoms with Crippen LogP contribution in [0.5, 0.6) is 0 Å². The molecule has 6 rings (SSSR count). The highest BCUT2D eigenvalue weighted by atomic mass is 35.5. The van der Waals surface area contributed by atoms with Crippen LogP contribution in [-0.4, -0.2) is 27.6 Å². The lowest BCUT2D eigenvalue weighted by molar-refractivity contribution is 0.595. The molecule has 2 aromatic carbocycles. The average molecular weight is 545 g/mol. The van der Waals surface area contributed by atoms with Gasteiger partial charge < -0.3 is 4.57 Å². The Morgan fingerprint density at radius 2 is 1.59 bits per heavy atom. The van der Waals surface area contributed by atoms with E-state index < -0.39 is 9.84 Å². The van der Waals surface area contributed by atoms with Gasteiger partial charge in [-0.05, 0) is 61.7 Å². The van der Waals surface area contributed by atoms with Gasteiger partial charge in [0, 0.05) is 28.0 Å². The van der Waals surface area contributed by atoms with Crippen molar-refractivity contribution in [2.75, 3.05) is 0 Å². The fourth-order valence-electron chi connectivity index (χ4n) is 4.55. The van der Waals surface area contributed by atoms with Crippen molar-refractivity contribution in [3.63, 3.8) is 0 Å². The smallest absolute Gasteiger partial charge is 0.210 e. The van der Waals surface area contributed by atoms with Gasteiger partial charge in [-0.15, -0.1) is 11.3 Å². The maximum Gasteiger partial charge on any atom is 0.210 e. The molecule has 6 aromatic rings. The molecule has 4 heterocycles. The van der Waals surface area contributed by atoms with Gasteiger partial charge in [-0.1, -0.05) is 41.9 Å². The highest BCUT2D eigenvalue weighted by molar-refractivity contribution is 7.91. The van der Waals surface area contributed by atoms with E-state index in [-0.39, 0.29) is 9.79 Å². The van der Waals surface area contributed by atoms with Gasteiger partial charge in [-0.2, -0.15) is 5.10 Å². The molecule has 0 spiro atoms. The second-order valence-corrected chi connectivity index (χ2v) is 12.0. The van der Waals surface area contributed by atoms with Gasteiger partial charge in [0.25, 0.3) is 0 Å². The standard InChI is InChI=1S/C28H21ClN4O2S2/c1-18-8-9-19(2)32(18)24-14-15-36-28(24)23-16-26-30-17-25(37(34,35)22-12-10-21(29)11-13-22)27(33(26)31-23)20-6-4-3-5-7-20/h3-17H,1-2H3. The first-order chi connectivity index (χ1) is 17.8. The largest absolute Gasteiger partial charge is 0.317 e. The number of aryl methyl sites for hydroxylation is 2. The van der Waals surface area contributed by atoms with E-state index in [2.05, 4.69) is 41.6 Å². The van der Waals surface area contributed by atoms with Crippen molar-refractivity contribution in [2.24, 2.45) is 0 Å². The van der Waals surface area contributed by atoms with Crippen LogP contribution in [-0.2, 0) is 9.84 Å². The van der Waals surface area contributed by atoms with Crippen LogP contribution in [0.4, 0.5) is 0 Å². The maximum absolute atomic E-state index is 13.8. The predicted molar refractivity (Wildman–Crippen MR) is 147 cm³/mol. The van der Waals surface area contributed by atoms with Crippen molar-refractivity contribution in [1.82, 2.24) is 19.2 Å². The van der Waals surface area contributed by atoms with Crippen molar-refractivity contribution in [3.05, 3.63) is 107 Å². The topological polar surface area (TPSA) is 69.3 Å². The zero-order chi connectivity index (χ0) is 25.7. The van der Waals surface area contributed by atoms with Crippen LogP contribution in [0.1, 0.15) is 11.4 Å². The third-order valence-electron chi connectivity index (χ3n) is 6.30. The Bertz CT molecular complexity index is 1850. The molecule has 0 bridgehead atoms. The minimum Gasteiger partial charge on any atom is -0.317 e. The summed E-state index contributed by atoms with van der Waals surface area (Å²) in [4.78, 5) is 5.72. The summed E-state index contributed by atoms with van der Waals surface area (Å²) in [5.41, 5.74) is 5.75. The van der Waals surface area contributed by atoms with Crippen molar-refractivity contribution in [3.8, 4) is 27.5 Å². The molecule has 0 N–H and O–H groups in total. The average Bonchev–Trinajstić information content (AvgIpc) is 3.62. The first-order valence-corrected chi connectivity index (χ1v) is 14.3. The van der Waals surface area contributed by atoms with Crippen molar-refractivity contribution in [1.29, 1.82) is 0 Å². The molecule has 0 aliphatic heterocycles. The number of aromatic nitrogens is 4. The molecule has 37 heavy (non-hydrogen) atoms. The van der Waals surface area contributed by atoms with Crippen LogP contribution in [0.15, 0.2) is 100 Å². The zero-order valence-electron chi connectivity index (χ0n) is 20.0. The third kappa shape index (κ3) is 3.98. The molecular weight excluding hydrogens is 524 g/mol. The van der Waals surface area contributed by atoms with Gasteiger partial charge >= 0.3 is 0 Å². The van der Waals surface area contributed by atoms with Gasteiger partial charge in [0.15, 0.2) is 5.65 Å². The number of benzene rings is 2. The first-order valence-electron chi connectivity index (χ1n) is 11.5. The third-order valence-corrected chi connectivity index (χ3v) is 9.25. The van der Waals surface area contributed by atoms with E-state index in [4.69, 9.17) is 16.7 Å². The first kappa shape index (κ1) is 23.7. The van der Waals surface area contributed by atoms with Gasteiger partial charge in [0.2, 0.25) is 9.84 Å². The van der Waals surface area contributed by atoms with Crippen molar-refractivity contribution in [2.45, 2.75) is 23.6 Å². The summed E-state index contributed by atoms with van der Waals surface area (Å²) in [5.74, 6) is 0. The van der Waals surface area contributed by atoms with Crippen molar-refractivity contribution < 1.29 is 8.42 Å². The zero-order valence-corrected chi connectivity index (χ0v) is 22.3. The SMILES string of the molecule is Cc1ccc(C)n1-c1ccsc1-c1cc2ncc(S(=O)(=O)c3ccc(Cl)cc3)c(-c3ccccc3)n2n1. The van der Waals surface area contributed by atoms with Crippen LogP contribution in [0.3, 0.4) is 0 Å². The molecular formula is C28H21ClN4O2S2. The normalized spacial score (nSPS) is 11.9. The van der Waals surface area contributed by atoms with E-state index in [0.717, 1.165) is 33.2 Å². The lowest BCUT2D eigenvalue weighted by atomic mass is 10.1. The lowest BCUT2D eigenvalue weighted by Gasteiger charge is -2.12. The minimum absolute atomic E-state index is 0.0756. The molecule has 0 aliphatic carbocycles. The van der Waals surface area contributed by atoms with Gasteiger partial charge in [0.1, 0.15) is 10.6 Å². The lowest BCUT2D eigenvalue weighted by Crippen LogP contribution is -2.09. The fraction of sp³-hybridized carbons (Fsp3) is 0.0714. The van der Waals surface area contributed by atoms with Gasteiger partial charge in [0.05, 0.1) is 27.4 Å². The summed E-state index contributed by atoms with van der Waals surface area (Å²) in [6.45, 7) is 4.14. The predicted octanol–water partition coefficient (Wildman–Crippen LogP) is 7.02. The molecule has 184 valence electrons. The molecule has 0 aliphatic rings. The van der Waals surface area contributed by atoms with Crippen LogP contribution in [0.25, 0.3) is 33.2 Å². The summed E-state index contributed by atoms with van der Waals surface area (Å²) < 4.78 is 31.4. The molecule has 6 nitrogen and oxygen atoms in total. The molecule has 4 aromatic heterocycles. The Balaban J connectivity index is 1.60. The summed E-state index contributed by atoms with van der Waals surface area (Å²) in [7, 11) is -3.91. The van der Waals surface area contributed by atoms with E-state index in [1.807, 2.05) is 41.8 Å². The highest BCUT2D eigenvalue weighted by Crippen LogP contribution is 2.36. The van der Waals surface area contributed by atoms with Crippen LogP contribution < -0.4 is 0 Å². The number of rotatable bonds is 5. The monoisotopic (exact) mass is 544 g/mol. The Hall–Kier alpha value is -3.72. The van der Waals surface area contributed by atoms with E-state index >= 15 is 0 Å². The van der Waals surface area contributed by atoms with Crippen LogP contribution in [0, 0.1) is 13.8 Å². The molecule has 0 radical (unpaired) electrons. The van der Waals surface area contributed by atoms with E-state index in [9.17, 15) is 8.42 Å². The Kier molecular flexibility index (Phi) is 5.75. The number of hydrogen-bond donors (Lipinski definition) is 0. The fourth-order valence-corrected chi connectivity index (χ4v) is 6.90.